The summed E-state index contributed by atoms with van der Waals surface area (Å²) in [7, 11) is 0. The summed E-state index contributed by atoms with van der Waals surface area (Å²) in [6, 6.07) is 1.84. The number of aldehydes is 1. The lowest BCUT2D eigenvalue weighted by Crippen LogP contribution is -1.93. The zero-order valence-electron chi connectivity index (χ0n) is 7.57. The van der Waals surface area contributed by atoms with E-state index in [0.29, 0.717) is 11.6 Å². The Kier molecular flexibility index (Phi) is 2.63. The van der Waals surface area contributed by atoms with E-state index in [0.717, 1.165) is 12.0 Å². The molecule has 0 saturated heterocycles. The largest absolute Gasteiger partial charge is 0.361 e. The molecular weight excluding hydrogens is 154 g/mol. The van der Waals surface area contributed by atoms with E-state index in [9.17, 15) is 4.79 Å². The highest BCUT2D eigenvalue weighted by molar-refractivity contribution is 5.59. The number of aromatic nitrogens is 1. The molecular formula is C9H13NO2. The second-order valence-electron chi connectivity index (χ2n) is 3.23. The molecule has 0 radical (unpaired) electrons. The lowest BCUT2D eigenvalue weighted by molar-refractivity contribution is -0.108. The third-order valence-corrected chi connectivity index (χ3v) is 1.79. The van der Waals surface area contributed by atoms with E-state index in [1.54, 1.807) is 6.92 Å². The molecule has 66 valence electrons. The topological polar surface area (TPSA) is 43.1 Å². The average Bonchev–Trinajstić information content (AvgIpc) is 2.51. The van der Waals surface area contributed by atoms with Crippen LogP contribution in [0.2, 0.25) is 0 Å². The summed E-state index contributed by atoms with van der Waals surface area (Å²) >= 11 is 0. The number of nitrogens with zero attached hydrogens (tertiary/aromatic N) is 1. The van der Waals surface area contributed by atoms with Crippen LogP contribution in [-0.2, 0) is 4.79 Å². The molecule has 0 aliphatic heterocycles. The summed E-state index contributed by atoms with van der Waals surface area (Å²) in [6.07, 6.45) is 0.863. The van der Waals surface area contributed by atoms with Gasteiger partial charge in [0.1, 0.15) is 12.0 Å². The van der Waals surface area contributed by atoms with Crippen LogP contribution in [0.1, 0.15) is 44.1 Å². The Labute approximate surface area is 71.7 Å². The van der Waals surface area contributed by atoms with Gasteiger partial charge in [0.15, 0.2) is 0 Å². The fourth-order valence-corrected chi connectivity index (χ4v) is 0.860. The first-order chi connectivity index (χ1) is 5.65. The highest BCUT2D eigenvalue weighted by Gasteiger charge is 2.12. The van der Waals surface area contributed by atoms with Crippen molar-refractivity contribution in [2.24, 2.45) is 0 Å². The summed E-state index contributed by atoms with van der Waals surface area (Å²) in [5.41, 5.74) is 0.716. The lowest BCUT2D eigenvalue weighted by atomic mass is 10.1. The van der Waals surface area contributed by atoms with Gasteiger partial charge in [0.25, 0.3) is 0 Å². The summed E-state index contributed by atoms with van der Waals surface area (Å²) < 4.78 is 5.04. The van der Waals surface area contributed by atoms with E-state index in [2.05, 4.69) is 5.16 Å². The molecule has 0 fully saturated rings. The van der Waals surface area contributed by atoms with E-state index in [-0.39, 0.29) is 5.92 Å². The maximum atomic E-state index is 10.4. The minimum Gasteiger partial charge on any atom is -0.361 e. The van der Waals surface area contributed by atoms with Crippen molar-refractivity contribution in [1.29, 1.82) is 0 Å². The summed E-state index contributed by atoms with van der Waals surface area (Å²) in [5, 5.41) is 3.80. The predicted molar refractivity (Wildman–Crippen MR) is 45.1 cm³/mol. The maximum Gasteiger partial charge on any atom is 0.139 e. The van der Waals surface area contributed by atoms with Gasteiger partial charge in [-0.3, -0.25) is 0 Å². The Morgan fingerprint density at radius 2 is 2.17 bits per heavy atom. The first-order valence-electron chi connectivity index (χ1n) is 4.07. The molecule has 1 aromatic rings. The smallest absolute Gasteiger partial charge is 0.139 e. The molecule has 0 aliphatic rings. The first-order valence-corrected chi connectivity index (χ1v) is 4.07. The van der Waals surface area contributed by atoms with Crippen molar-refractivity contribution in [3.05, 3.63) is 17.5 Å². The van der Waals surface area contributed by atoms with Crippen molar-refractivity contribution in [3.8, 4) is 0 Å². The molecule has 0 saturated carbocycles. The van der Waals surface area contributed by atoms with Crippen LogP contribution in [0.25, 0.3) is 0 Å². The number of carbonyl (C=O) groups is 1. The highest BCUT2D eigenvalue weighted by atomic mass is 16.5. The van der Waals surface area contributed by atoms with Gasteiger partial charge in [-0.1, -0.05) is 25.9 Å². The van der Waals surface area contributed by atoms with E-state index < -0.39 is 0 Å². The molecule has 0 amide bonds. The molecule has 0 aromatic carbocycles. The van der Waals surface area contributed by atoms with Crippen LogP contribution in [0.4, 0.5) is 0 Å². The third kappa shape index (κ3) is 1.72. The van der Waals surface area contributed by atoms with Gasteiger partial charge in [-0.05, 0) is 0 Å². The van der Waals surface area contributed by atoms with Crippen molar-refractivity contribution in [2.45, 2.75) is 32.6 Å². The minimum atomic E-state index is -0.166. The van der Waals surface area contributed by atoms with Crippen LogP contribution in [0.15, 0.2) is 10.6 Å². The van der Waals surface area contributed by atoms with Crippen LogP contribution < -0.4 is 0 Å². The van der Waals surface area contributed by atoms with Gasteiger partial charge >= 0.3 is 0 Å². The third-order valence-electron chi connectivity index (χ3n) is 1.79. The Balaban J connectivity index is 2.83. The molecule has 12 heavy (non-hydrogen) atoms. The maximum absolute atomic E-state index is 10.4. The molecule has 3 heteroatoms. The van der Waals surface area contributed by atoms with Crippen molar-refractivity contribution in [2.75, 3.05) is 0 Å². The van der Waals surface area contributed by atoms with Crippen LogP contribution in [0, 0.1) is 0 Å². The molecule has 0 spiro atoms. The van der Waals surface area contributed by atoms with E-state index in [4.69, 9.17) is 4.52 Å². The van der Waals surface area contributed by atoms with Crippen LogP contribution in [0.5, 0.6) is 0 Å². The Morgan fingerprint density at radius 1 is 1.50 bits per heavy atom. The second kappa shape index (κ2) is 3.52. The molecule has 0 bridgehead atoms. The average molecular weight is 167 g/mol. The fraction of sp³-hybridized carbons (Fsp3) is 0.556. The van der Waals surface area contributed by atoms with E-state index in [1.807, 2.05) is 19.9 Å². The van der Waals surface area contributed by atoms with Gasteiger partial charge in [-0.2, -0.15) is 0 Å². The molecule has 1 atom stereocenters. The van der Waals surface area contributed by atoms with Gasteiger partial charge in [0.2, 0.25) is 0 Å². The van der Waals surface area contributed by atoms with Crippen molar-refractivity contribution < 1.29 is 9.32 Å². The zero-order chi connectivity index (χ0) is 9.14. The van der Waals surface area contributed by atoms with E-state index >= 15 is 0 Å². The number of hydrogen-bond donors (Lipinski definition) is 0. The van der Waals surface area contributed by atoms with Gasteiger partial charge in [-0.15, -0.1) is 0 Å². The molecule has 1 unspecified atom stereocenters. The number of hydrogen-bond acceptors (Lipinski definition) is 3. The van der Waals surface area contributed by atoms with E-state index in [1.165, 1.54) is 0 Å². The number of rotatable bonds is 3. The summed E-state index contributed by atoms with van der Waals surface area (Å²) in [5.74, 6) is 0.991. The monoisotopic (exact) mass is 167 g/mol. The van der Waals surface area contributed by atoms with Gasteiger partial charge < -0.3 is 9.32 Å². The lowest BCUT2D eigenvalue weighted by Gasteiger charge is -1.94. The Bertz CT molecular complexity index is 265. The molecule has 1 heterocycles. The van der Waals surface area contributed by atoms with Crippen LogP contribution in [0.3, 0.4) is 0 Å². The van der Waals surface area contributed by atoms with Gasteiger partial charge in [-0.25, -0.2) is 0 Å². The van der Waals surface area contributed by atoms with Crippen molar-refractivity contribution in [1.82, 2.24) is 5.16 Å². The fourth-order valence-electron chi connectivity index (χ4n) is 0.860. The molecule has 1 rings (SSSR count). The predicted octanol–water partition coefficient (Wildman–Crippen LogP) is 2.10. The van der Waals surface area contributed by atoms with Gasteiger partial charge in [0.05, 0.1) is 11.6 Å². The minimum absolute atomic E-state index is 0.166. The summed E-state index contributed by atoms with van der Waals surface area (Å²) in [6.45, 7) is 5.85. The van der Waals surface area contributed by atoms with Crippen molar-refractivity contribution >= 4 is 6.29 Å². The Hall–Kier alpha value is -1.12. The highest BCUT2D eigenvalue weighted by Crippen LogP contribution is 2.18. The van der Waals surface area contributed by atoms with Crippen LogP contribution in [-0.4, -0.2) is 11.4 Å². The number of carbonyl (C=O) groups excluding carboxylic acids is 1. The second-order valence-corrected chi connectivity index (χ2v) is 3.23. The van der Waals surface area contributed by atoms with Crippen LogP contribution >= 0.6 is 0 Å². The standard InChI is InChI=1S/C9H13NO2/c1-6(2)9-4-8(10-12-9)7(3)5-11/h4-7H,1-3H3. The van der Waals surface area contributed by atoms with Gasteiger partial charge in [0, 0.05) is 12.0 Å². The molecule has 0 N–H and O–H groups in total. The molecule has 3 nitrogen and oxygen atoms in total. The summed E-state index contributed by atoms with van der Waals surface area (Å²) in [4.78, 5) is 10.4. The molecule has 0 aliphatic carbocycles. The SMILES string of the molecule is CC(C)c1cc(C(C)C=O)no1. The zero-order valence-corrected chi connectivity index (χ0v) is 7.57. The quantitative estimate of drug-likeness (QED) is 0.647. The normalized spacial score (nSPS) is 13.3. The Morgan fingerprint density at radius 3 is 2.58 bits per heavy atom. The first kappa shape index (κ1) is 8.97. The molecule has 1 aromatic heterocycles. The van der Waals surface area contributed by atoms with Crippen molar-refractivity contribution in [3.63, 3.8) is 0 Å².